The van der Waals surface area contributed by atoms with Gasteiger partial charge in [-0.2, -0.15) is 0 Å². The minimum atomic E-state index is -0.856. The first-order valence-electron chi connectivity index (χ1n) is 6.37. The number of carbonyl (C=O) groups is 2. The second-order valence-electron chi connectivity index (χ2n) is 5.87. The average molecular weight is 257 g/mol. The maximum absolute atomic E-state index is 12.1. The van der Waals surface area contributed by atoms with Crippen molar-refractivity contribution in [3.8, 4) is 0 Å². The minimum Gasteiger partial charge on any atom is -0.481 e. The lowest BCUT2D eigenvalue weighted by Gasteiger charge is -2.42. The first-order valence-corrected chi connectivity index (χ1v) is 6.37. The number of carboxylic acids is 1. The molecule has 0 bridgehead atoms. The van der Waals surface area contributed by atoms with E-state index in [1.807, 2.05) is 20.8 Å². The molecule has 0 saturated carbocycles. The molecule has 0 spiro atoms. The third-order valence-electron chi connectivity index (χ3n) is 2.97. The van der Waals surface area contributed by atoms with Crippen LogP contribution < -0.4 is 0 Å². The van der Waals surface area contributed by atoms with E-state index in [2.05, 4.69) is 0 Å². The third kappa shape index (κ3) is 4.64. The highest BCUT2D eigenvalue weighted by molar-refractivity contribution is 5.77. The lowest BCUT2D eigenvalue weighted by atomic mass is 10.0. The van der Waals surface area contributed by atoms with E-state index in [4.69, 9.17) is 9.84 Å². The summed E-state index contributed by atoms with van der Waals surface area (Å²) in [5.74, 6) is -0.964. The van der Waals surface area contributed by atoms with Gasteiger partial charge in [-0.1, -0.05) is 6.92 Å². The summed E-state index contributed by atoms with van der Waals surface area (Å²) >= 11 is 0. The van der Waals surface area contributed by atoms with Gasteiger partial charge < -0.3 is 14.7 Å². The molecule has 5 heteroatoms. The summed E-state index contributed by atoms with van der Waals surface area (Å²) in [6, 6.07) is 0. The molecule has 2 unspecified atom stereocenters. The molecule has 18 heavy (non-hydrogen) atoms. The summed E-state index contributed by atoms with van der Waals surface area (Å²) in [7, 11) is 0. The predicted octanol–water partition coefficient (Wildman–Crippen LogP) is 1.51. The van der Waals surface area contributed by atoms with Crippen molar-refractivity contribution in [1.29, 1.82) is 0 Å². The summed E-state index contributed by atoms with van der Waals surface area (Å²) < 4.78 is 5.74. The van der Waals surface area contributed by atoms with Crippen molar-refractivity contribution in [3.05, 3.63) is 0 Å². The average Bonchev–Trinajstić information content (AvgIpc) is 2.12. The molecule has 5 nitrogen and oxygen atoms in total. The van der Waals surface area contributed by atoms with Gasteiger partial charge in [-0.25, -0.2) is 0 Å². The highest BCUT2D eigenvalue weighted by Crippen LogP contribution is 2.22. The summed E-state index contributed by atoms with van der Waals surface area (Å²) in [4.78, 5) is 24.5. The number of ether oxygens (including phenoxy) is 1. The number of carboxylic acid groups (broad SMARTS) is 1. The normalized spacial score (nSPS) is 24.7. The zero-order valence-electron chi connectivity index (χ0n) is 11.6. The topological polar surface area (TPSA) is 66.8 Å². The van der Waals surface area contributed by atoms with E-state index < -0.39 is 5.97 Å². The van der Waals surface area contributed by atoms with Crippen molar-refractivity contribution in [2.45, 2.75) is 52.2 Å². The molecule has 0 aromatic rings. The zero-order chi connectivity index (χ0) is 13.9. The highest BCUT2D eigenvalue weighted by atomic mass is 16.5. The Morgan fingerprint density at radius 1 is 1.44 bits per heavy atom. The molecule has 1 rings (SSSR count). The number of morpholine rings is 1. The smallest absolute Gasteiger partial charge is 0.303 e. The molecule has 1 fully saturated rings. The predicted molar refractivity (Wildman–Crippen MR) is 67.2 cm³/mol. The van der Waals surface area contributed by atoms with Gasteiger partial charge >= 0.3 is 5.97 Å². The molecule has 0 aliphatic carbocycles. The summed E-state index contributed by atoms with van der Waals surface area (Å²) in [6.45, 7) is 8.81. The molecule has 1 aliphatic heterocycles. The Morgan fingerprint density at radius 2 is 2.06 bits per heavy atom. The van der Waals surface area contributed by atoms with Crippen LogP contribution in [0.2, 0.25) is 0 Å². The van der Waals surface area contributed by atoms with Gasteiger partial charge in [0.2, 0.25) is 5.91 Å². The number of hydrogen-bond donors (Lipinski definition) is 1. The molecule has 1 heterocycles. The fourth-order valence-corrected chi connectivity index (χ4v) is 2.44. The van der Waals surface area contributed by atoms with Crippen molar-refractivity contribution in [2.24, 2.45) is 5.92 Å². The summed E-state index contributed by atoms with van der Waals surface area (Å²) in [5, 5.41) is 8.69. The van der Waals surface area contributed by atoms with E-state index in [-0.39, 0.29) is 36.4 Å². The maximum atomic E-state index is 12.1. The van der Waals surface area contributed by atoms with Gasteiger partial charge in [-0.15, -0.1) is 0 Å². The van der Waals surface area contributed by atoms with Crippen LogP contribution in [-0.4, -0.2) is 46.7 Å². The molecule has 0 aromatic carbocycles. The van der Waals surface area contributed by atoms with E-state index >= 15 is 0 Å². The second-order valence-corrected chi connectivity index (χ2v) is 5.87. The molecular formula is C13H23NO4. The lowest BCUT2D eigenvalue weighted by Crippen LogP contribution is -2.54. The number of nitrogens with zero attached hydrogens (tertiary/aromatic N) is 1. The maximum Gasteiger partial charge on any atom is 0.303 e. The van der Waals surface area contributed by atoms with Crippen LogP contribution in [0.1, 0.15) is 40.5 Å². The molecule has 1 N–H and O–H groups in total. The Balaban J connectivity index is 2.53. The molecule has 0 radical (unpaired) electrons. The largest absolute Gasteiger partial charge is 0.481 e. The zero-order valence-corrected chi connectivity index (χ0v) is 11.6. The van der Waals surface area contributed by atoms with Crippen LogP contribution in [0.3, 0.4) is 0 Å². The van der Waals surface area contributed by atoms with E-state index in [9.17, 15) is 9.59 Å². The van der Waals surface area contributed by atoms with Crippen LogP contribution in [0.5, 0.6) is 0 Å². The highest BCUT2D eigenvalue weighted by Gasteiger charge is 2.33. The number of rotatable bonds is 4. The van der Waals surface area contributed by atoms with Crippen LogP contribution in [0.4, 0.5) is 0 Å². The Bertz CT molecular complexity index is 327. The number of carbonyl (C=O) groups excluding carboxylic acids is 1. The number of aliphatic carboxylic acids is 1. The van der Waals surface area contributed by atoms with Crippen LogP contribution in [0.15, 0.2) is 0 Å². The summed E-state index contributed by atoms with van der Waals surface area (Å²) in [6.07, 6.45) is 0.344. The molecular weight excluding hydrogens is 234 g/mol. The van der Waals surface area contributed by atoms with Crippen molar-refractivity contribution in [1.82, 2.24) is 4.90 Å². The van der Waals surface area contributed by atoms with Crippen LogP contribution in [0, 0.1) is 5.92 Å². The van der Waals surface area contributed by atoms with Gasteiger partial charge in [0.25, 0.3) is 0 Å². The van der Waals surface area contributed by atoms with Gasteiger partial charge in [0, 0.05) is 25.9 Å². The van der Waals surface area contributed by atoms with Crippen molar-refractivity contribution in [3.63, 3.8) is 0 Å². The lowest BCUT2D eigenvalue weighted by molar-refractivity contribution is -0.159. The Hall–Kier alpha value is -1.10. The molecule has 1 saturated heterocycles. The Kier molecular flexibility index (Phi) is 4.73. The SMILES string of the molecule is CC(CC(=O)O)CC(=O)N1CC(C)OC(C)(C)C1. The van der Waals surface area contributed by atoms with Crippen molar-refractivity contribution in [2.75, 3.05) is 13.1 Å². The quantitative estimate of drug-likeness (QED) is 0.829. The van der Waals surface area contributed by atoms with Gasteiger partial charge in [0.1, 0.15) is 0 Å². The van der Waals surface area contributed by atoms with Gasteiger partial charge in [0.05, 0.1) is 11.7 Å². The van der Waals surface area contributed by atoms with E-state index in [0.717, 1.165) is 0 Å². The first-order chi connectivity index (χ1) is 8.19. The molecule has 1 amide bonds. The monoisotopic (exact) mass is 257 g/mol. The van der Waals surface area contributed by atoms with Crippen molar-refractivity contribution >= 4 is 11.9 Å². The van der Waals surface area contributed by atoms with E-state index in [0.29, 0.717) is 13.1 Å². The molecule has 2 atom stereocenters. The molecule has 104 valence electrons. The molecule has 1 aliphatic rings. The fraction of sp³-hybridized carbons (Fsp3) is 0.846. The Morgan fingerprint density at radius 3 is 2.56 bits per heavy atom. The fourth-order valence-electron chi connectivity index (χ4n) is 2.44. The minimum absolute atomic E-state index is 0.0203. The number of amides is 1. The van der Waals surface area contributed by atoms with E-state index in [1.165, 1.54) is 0 Å². The van der Waals surface area contributed by atoms with E-state index in [1.54, 1.807) is 11.8 Å². The second kappa shape index (κ2) is 5.69. The van der Waals surface area contributed by atoms with Gasteiger partial charge in [-0.05, 0) is 26.7 Å². The Labute approximate surface area is 108 Å². The number of hydrogen-bond acceptors (Lipinski definition) is 3. The standard InChI is InChI=1S/C13H23NO4/c1-9(6-12(16)17)5-11(15)14-7-10(2)18-13(3,4)8-14/h9-10H,5-8H2,1-4H3,(H,16,17). The van der Waals surface area contributed by atoms with Gasteiger partial charge in [0.15, 0.2) is 0 Å². The first kappa shape index (κ1) is 15.0. The summed E-state index contributed by atoms with van der Waals surface area (Å²) in [5.41, 5.74) is -0.330. The van der Waals surface area contributed by atoms with Crippen LogP contribution in [0.25, 0.3) is 0 Å². The van der Waals surface area contributed by atoms with Gasteiger partial charge in [-0.3, -0.25) is 9.59 Å². The molecule has 0 aromatic heterocycles. The third-order valence-corrected chi connectivity index (χ3v) is 2.97. The van der Waals surface area contributed by atoms with Crippen molar-refractivity contribution < 1.29 is 19.4 Å². The van der Waals surface area contributed by atoms with Crippen LogP contribution in [-0.2, 0) is 14.3 Å². The van der Waals surface area contributed by atoms with Crippen LogP contribution >= 0.6 is 0 Å².